The normalized spacial score (nSPS) is 18.2. The highest BCUT2D eigenvalue weighted by Crippen LogP contribution is 2.41. The molecule has 0 bridgehead atoms. The van der Waals surface area contributed by atoms with Gasteiger partial charge in [0, 0.05) is 11.0 Å². The minimum atomic E-state index is -0.143. The number of carbonyl (C=O) groups is 1. The van der Waals surface area contributed by atoms with Gasteiger partial charge >= 0.3 is 0 Å². The molecule has 94 valence electrons. The van der Waals surface area contributed by atoms with E-state index in [9.17, 15) is 4.79 Å². The number of carbonyl (C=O) groups excluding carboxylic acids is 1. The minimum Gasteiger partial charge on any atom is -0.310 e. The van der Waals surface area contributed by atoms with Crippen molar-refractivity contribution in [3.8, 4) is 0 Å². The van der Waals surface area contributed by atoms with Crippen molar-refractivity contribution in [1.29, 1.82) is 0 Å². The molecule has 1 saturated carbocycles. The summed E-state index contributed by atoms with van der Waals surface area (Å²) in [4.78, 5) is 12.4. The third-order valence-electron chi connectivity index (χ3n) is 4.06. The SMILES string of the molecule is CCc1cn[nH]c1NC(=O)C1(CC)CCCC1. The first kappa shape index (κ1) is 12.1. The molecule has 0 aromatic carbocycles. The summed E-state index contributed by atoms with van der Waals surface area (Å²) in [6.45, 7) is 4.17. The van der Waals surface area contributed by atoms with E-state index in [1.54, 1.807) is 6.20 Å². The summed E-state index contributed by atoms with van der Waals surface area (Å²) >= 11 is 0. The second-order valence-electron chi connectivity index (χ2n) is 4.92. The van der Waals surface area contributed by atoms with E-state index in [0.717, 1.165) is 37.1 Å². The maximum atomic E-state index is 12.4. The standard InChI is InChI=1S/C13H21N3O/c1-3-10-9-14-16-11(10)15-12(17)13(4-2)7-5-6-8-13/h9H,3-8H2,1-2H3,(H2,14,15,16,17). The first-order valence-corrected chi connectivity index (χ1v) is 6.55. The zero-order valence-corrected chi connectivity index (χ0v) is 10.7. The van der Waals surface area contributed by atoms with Gasteiger partial charge in [-0.1, -0.05) is 26.7 Å². The van der Waals surface area contributed by atoms with Crippen LogP contribution in [0, 0.1) is 5.41 Å². The van der Waals surface area contributed by atoms with Crippen molar-refractivity contribution in [3.63, 3.8) is 0 Å². The molecule has 2 rings (SSSR count). The van der Waals surface area contributed by atoms with Crippen molar-refractivity contribution < 1.29 is 4.79 Å². The van der Waals surface area contributed by atoms with Gasteiger partial charge in [0.05, 0.1) is 6.20 Å². The van der Waals surface area contributed by atoms with E-state index in [4.69, 9.17) is 0 Å². The van der Waals surface area contributed by atoms with E-state index in [1.807, 2.05) is 0 Å². The predicted molar refractivity (Wildman–Crippen MR) is 67.8 cm³/mol. The molecule has 1 fully saturated rings. The minimum absolute atomic E-state index is 0.143. The van der Waals surface area contributed by atoms with Gasteiger partial charge in [-0.05, 0) is 25.7 Å². The molecule has 4 heteroatoms. The molecule has 1 heterocycles. The maximum absolute atomic E-state index is 12.4. The average Bonchev–Trinajstić information content (AvgIpc) is 2.97. The van der Waals surface area contributed by atoms with Gasteiger partial charge in [-0.25, -0.2) is 0 Å². The molecular weight excluding hydrogens is 214 g/mol. The highest BCUT2D eigenvalue weighted by molar-refractivity contribution is 5.95. The fourth-order valence-electron chi connectivity index (χ4n) is 2.73. The molecule has 0 unspecified atom stereocenters. The Morgan fingerprint density at radius 2 is 2.18 bits per heavy atom. The molecule has 0 radical (unpaired) electrons. The van der Waals surface area contributed by atoms with Gasteiger partial charge in [-0.3, -0.25) is 9.89 Å². The first-order chi connectivity index (χ1) is 8.22. The van der Waals surface area contributed by atoms with Gasteiger partial charge < -0.3 is 5.32 Å². The molecule has 1 amide bonds. The summed E-state index contributed by atoms with van der Waals surface area (Å²) < 4.78 is 0. The highest BCUT2D eigenvalue weighted by Gasteiger charge is 2.39. The van der Waals surface area contributed by atoms with Crippen molar-refractivity contribution in [2.24, 2.45) is 5.41 Å². The predicted octanol–water partition coefficient (Wildman–Crippen LogP) is 2.88. The number of amides is 1. The molecule has 1 aromatic rings. The van der Waals surface area contributed by atoms with Crippen molar-refractivity contribution >= 4 is 11.7 Å². The summed E-state index contributed by atoms with van der Waals surface area (Å²) in [7, 11) is 0. The summed E-state index contributed by atoms with van der Waals surface area (Å²) in [5, 5.41) is 9.87. The van der Waals surface area contributed by atoms with Gasteiger partial charge in [0.2, 0.25) is 5.91 Å². The summed E-state index contributed by atoms with van der Waals surface area (Å²) in [5.41, 5.74) is 0.929. The van der Waals surface area contributed by atoms with E-state index in [-0.39, 0.29) is 11.3 Å². The Labute approximate surface area is 102 Å². The zero-order valence-electron chi connectivity index (χ0n) is 10.7. The molecule has 0 saturated heterocycles. The summed E-state index contributed by atoms with van der Waals surface area (Å²) in [6, 6.07) is 0. The smallest absolute Gasteiger partial charge is 0.231 e. The van der Waals surface area contributed by atoms with Crippen LogP contribution in [0.1, 0.15) is 51.5 Å². The second-order valence-corrected chi connectivity index (χ2v) is 4.92. The van der Waals surface area contributed by atoms with E-state index >= 15 is 0 Å². The number of anilines is 1. The third-order valence-corrected chi connectivity index (χ3v) is 4.06. The lowest BCUT2D eigenvalue weighted by Gasteiger charge is -2.25. The molecule has 0 aliphatic heterocycles. The van der Waals surface area contributed by atoms with Crippen LogP contribution in [0.2, 0.25) is 0 Å². The topological polar surface area (TPSA) is 57.8 Å². The monoisotopic (exact) mass is 235 g/mol. The Morgan fingerprint density at radius 1 is 1.47 bits per heavy atom. The van der Waals surface area contributed by atoms with Crippen molar-refractivity contribution in [1.82, 2.24) is 10.2 Å². The Balaban J connectivity index is 2.10. The molecule has 1 aromatic heterocycles. The largest absolute Gasteiger partial charge is 0.310 e. The number of hydrogen-bond acceptors (Lipinski definition) is 2. The van der Waals surface area contributed by atoms with Gasteiger partial charge in [0.15, 0.2) is 0 Å². The van der Waals surface area contributed by atoms with Crippen LogP contribution in [0.25, 0.3) is 0 Å². The van der Waals surface area contributed by atoms with Crippen LogP contribution >= 0.6 is 0 Å². The molecule has 2 N–H and O–H groups in total. The molecule has 1 aliphatic carbocycles. The third kappa shape index (κ3) is 2.21. The fourth-order valence-corrected chi connectivity index (χ4v) is 2.73. The van der Waals surface area contributed by atoms with E-state index < -0.39 is 0 Å². The van der Waals surface area contributed by atoms with Crippen molar-refractivity contribution in [2.75, 3.05) is 5.32 Å². The van der Waals surface area contributed by atoms with Crippen LogP contribution in [0.3, 0.4) is 0 Å². The molecule has 0 spiro atoms. The number of hydrogen-bond donors (Lipinski definition) is 2. The van der Waals surface area contributed by atoms with Crippen LogP contribution < -0.4 is 5.32 Å². The number of rotatable bonds is 4. The lowest BCUT2D eigenvalue weighted by molar-refractivity contribution is -0.125. The summed E-state index contributed by atoms with van der Waals surface area (Å²) in [5.74, 6) is 0.939. The number of aryl methyl sites for hydroxylation is 1. The van der Waals surface area contributed by atoms with Gasteiger partial charge in [-0.2, -0.15) is 5.10 Å². The van der Waals surface area contributed by atoms with Crippen LogP contribution in [0.5, 0.6) is 0 Å². The number of aromatic amines is 1. The van der Waals surface area contributed by atoms with E-state index in [0.29, 0.717) is 0 Å². The first-order valence-electron chi connectivity index (χ1n) is 6.55. The van der Waals surface area contributed by atoms with Crippen LogP contribution in [0.4, 0.5) is 5.82 Å². The molecule has 0 atom stereocenters. The van der Waals surface area contributed by atoms with E-state index in [1.165, 1.54) is 12.8 Å². The van der Waals surface area contributed by atoms with Gasteiger partial charge in [0.25, 0.3) is 0 Å². The van der Waals surface area contributed by atoms with Crippen molar-refractivity contribution in [3.05, 3.63) is 11.8 Å². The number of H-pyrrole nitrogens is 1. The second kappa shape index (κ2) is 4.90. The number of nitrogens with zero attached hydrogens (tertiary/aromatic N) is 1. The van der Waals surface area contributed by atoms with Crippen LogP contribution in [0.15, 0.2) is 6.20 Å². The van der Waals surface area contributed by atoms with E-state index in [2.05, 4.69) is 29.4 Å². The maximum Gasteiger partial charge on any atom is 0.231 e. The molecular formula is C13H21N3O. The Bertz CT molecular complexity index is 391. The number of aromatic nitrogens is 2. The number of nitrogens with one attached hydrogen (secondary N) is 2. The highest BCUT2D eigenvalue weighted by atomic mass is 16.2. The fraction of sp³-hybridized carbons (Fsp3) is 0.692. The van der Waals surface area contributed by atoms with Crippen LogP contribution in [-0.4, -0.2) is 16.1 Å². The van der Waals surface area contributed by atoms with Crippen molar-refractivity contribution in [2.45, 2.75) is 52.4 Å². The molecule has 1 aliphatic rings. The Kier molecular flexibility index (Phi) is 3.50. The van der Waals surface area contributed by atoms with Gasteiger partial charge in [-0.15, -0.1) is 0 Å². The average molecular weight is 235 g/mol. The Morgan fingerprint density at radius 3 is 2.76 bits per heavy atom. The zero-order chi connectivity index (χ0) is 12.3. The van der Waals surface area contributed by atoms with Crippen LogP contribution in [-0.2, 0) is 11.2 Å². The Hall–Kier alpha value is -1.32. The van der Waals surface area contributed by atoms with Gasteiger partial charge in [0.1, 0.15) is 5.82 Å². The molecule has 17 heavy (non-hydrogen) atoms. The lowest BCUT2D eigenvalue weighted by Crippen LogP contribution is -2.33. The summed E-state index contributed by atoms with van der Waals surface area (Å²) in [6.07, 6.45) is 7.97. The quantitative estimate of drug-likeness (QED) is 0.843. The molecule has 4 nitrogen and oxygen atoms in total. The lowest BCUT2D eigenvalue weighted by atomic mass is 9.82.